The van der Waals surface area contributed by atoms with Crippen LogP contribution in [0.1, 0.15) is 53.6 Å². The summed E-state index contributed by atoms with van der Waals surface area (Å²) in [6.45, 7) is 0.903. The molecule has 0 aliphatic heterocycles. The first-order valence-corrected chi connectivity index (χ1v) is 12.4. The topological polar surface area (TPSA) is 38.8 Å². The Balaban J connectivity index is 1.59. The van der Waals surface area contributed by atoms with Gasteiger partial charge >= 0.3 is 0 Å². The predicted octanol–water partition coefficient (Wildman–Crippen LogP) is 7.56. The minimum atomic E-state index is -0.0730. The van der Waals surface area contributed by atoms with Crippen LogP contribution >= 0.6 is 23.2 Å². The monoisotopic (exact) mass is 497 g/mol. The lowest BCUT2D eigenvalue weighted by Gasteiger charge is -2.35. The summed E-state index contributed by atoms with van der Waals surface area (Å²) in [6, 6.07) is 21.1. The van der Waals surface area contributed by atoms with E-state index in [4.69, 9.17) is 32.7 Å². The molecule has 1 aliphatic carbocycles. The van der Waals surface area contributed by atoms with Gasteiger partial charge in [-0.2, -0.15) is 0 Å². The minimum Gasteiger partial charge on any atom is -0.493 e. The molecule has 0 aromatic heterocycles. The van der Waals surface area contributed by atoms with Gasteiger partial charge in [0.15, 0.2) is 11.5 Å². The highest BCUT2D eigenvalue weighted by atomic mass is 35.5. The summed E-state index contributed by atoms with van der Waals surface area (Å²) in [5.74, 6) is 1.25. The quantitative estimate of drug-likeness (QED) is 0.322. The van der Waals surface area contributed by atoms with E-state index in [1.54, 1.807) is 25.3 Å². The molecule has 6 heteroatoms. The normalized spacial score (nSPS) is 14.0. The highest BCUT2D eigenvalue weighted by molar-refractivity contribution is 6.36. The number of hydrogen-bond donors (Lipinski definition) is 0. The molecule has 3 aromatic rings. The summed E-state index contributed by atoms with van der Waals surface area (Å²) in [6.07, 6.45) is 5.43. The summed E-state index contributed by atoms with van der Waals surface area (Å²) in [7, 11) is 1.63. The third-order valence-corrected chi connectivity index (χ3v) is 6.80. The molecule has 1 fully saturated rings. The van der Waals surface area contributed by atoms with Crippen LogP contribution < -0.4 is 9.47 Å². The van der Waals surface area contributed by atoms with Gasteiger partial charge in [0.2, 0.25) is 0 Å². The van der Waals surface area contributed by atoms with Crippen molar-refractivity contribution in [1.29, 1.82) is 0 Å². The second-order valence-corrected chi connectivity index (χ2v) is 9.45. The van der Waals surface area contributed by atoms with E-state index >= 15 is 0 Å². The smallest absolute Gasteiger partial charge is 0.255 e. The fourth-order valence-electron chi connectivity index (χ4n) is 4.44. The van der Waals surface area contributed by atoms with Crippen LogP contribution in [-0.4, -0.2) is 24.0 Å². The summed E-state index contributed by atoms with van der Waals surface area (Å²) in [4.78, 5) is 15.6. The second kappa shape index (κ2) is 11.6. The molecule has 0 radical (unpaired) electrons. The van der Waals surface area contributed by atoms with Crippen LogP contribution in [0.15, 0.2) is 66.7 Å². The number of ether oxygens (including phenoxy) is 2. The number of nitrogens with zero attached hydrogens (tertiary/aromatic N) is 1. The van der Waals surface area contributed by atoms with Crippen molar-refractivity contribution < 1.29 is 14.3 Å². The molecule has 0 N–H and O–H groups in total. The highest BCUT2D eigenvalue weighted by Gasteiger charge is 2.28. The fraction of sp³-hybridized carbons (Fsp3) is 0.321. The van der Waals surface area contributed by atoms with Crippen LogP contribution in [-0.2, 0) is 13.2 Å². The first-order valence-electron chi connectivity index (χ1n) is 11.6. The lowest BCUT2D eigenvalue weighted by molar-refractivity contribution is 0.0614. The molecule has 0 unspecified atom stereocenters. The molecule has 0 spiro atoms. The molecule has 1 saturated carbocycles. The van der Waals surface area contributed by atoms with Crippen LogP contribution in [0.3, 0.4) is 0 Å². The molecule has 4 nitrogen and oxygen atoms in total. The number of carbonyl (C=O) groups excluding carboxylic acids is 1. The summed E-state index contributed by atoms with van der Waals surface area (Å²) in [5.41, 5.74) is 2.53. The average Bonchev–Trinajstić information content (AvgIpc) is 2.87. The van der Waals surface area contributed by atoms with Gasteiger partial charge in [0.1, 0.15) is 6.61 Å². The Labute approximate surface area is 211 Å². The van der Waals surface area contributed by atoms with E-state index in [0.29, 0.717) is 40.3 Å². The third kappa shape index (κ3) is 6.05. The van der Waals surface area contributed by atoms with Gasteiger partial charge in [0.25, 0.3) is 5.91 Å². The molecule has 0 atom stereocenters. The molecule has 3 aromatic carbocycles. The first kappa shape index (κ1) is 24.4. The predicted molar refractivity (Wildman–Crippen MR) is 137 cm³/mol. The zero-order valence-corrected chi connectivity index (χ0v) is 20.8. The second-order valence-electron chi connectivity index (χ2n) is 8.61. The molecule has 178 valence electrons. The molecule has 1 amide bonds. The Hall–Kier alpha value is -2.69. The van der Waals surface area contributed by atoms with E-state index in [1.165, 1.54) is 6.42 Å². The van der Waals surface area contributed by atoms with Gasteiger partial charge in [-0.1, -0.05) is 78.9 Å². The number of halogens is 2. The van der Waals surface area contributed by atoms with E-state index in [-0.39, 0.29) is 11.9 Å². The third-order valence-electron chi connectivity index (χ3n) is 6.26. The molecule has 4 rings (SSSR count). The van der Waals surface area contributed by atoms with Crippen LogP contribution in [0, 0.1) is 0 Å². The average molecular weight is 498 g/mol. The lowest BCUT2D eigenvalue weighted by Crippen LogP contribution is -2.41. The molecule has 0 bridgehead atoms. The Morgan fingerprint density at radius 3 is 2.38 bits per heavy atom. The van der Waals surface area contributed by atoms with Gasteiger partial charge in [-0.25, -0.2) is 0 Å². The van der Waals surface area contributed by atoms with Crippen LogP contribution in [0.5, 0.6) is 11.5 Å². The van der Waals surface area contributed by atoms with E-state index < -0.39 is 0 Å². The van der Waals surface area contributed by atoms with Crippen molar-refractivity contribution in [2.24, 2.45) is 0 Å². The van der Waals surface area contributed by atoms with Crippen LogP contribution in [0.4, 0.5) is 0 Å². The van der Waals surface area contributed by atoms with Gasteiger partial charge in [0.05, 0.1) is 17.7 Å². The summed E-state index contributed by atoms with van der Waals surface area (Å²) in [5, 5.41) is 0.890. The van der Waals surface area contributed by atoms with Crippen molar-refractivity contribution in [3.05, 3.63) is 93.5 Å². The number of carbonyl (C=O) groups is 1. The fourth-order valence-corrected chi connectivity index (χ4v) is 4.93. The molecular formula is C28H29Cl2NO3. The summed E-state index contributed by atoms with van der Waals surface area (Å²) < 4.78 is 11.6. The van der Waals surface area contributed by atoms with Gasteiger partial charge in [-0.3, -0.25) is 4.79 Å². The molecule has 1 aliphatic rings. The van der Waals surface area contributed by atoms with Gasteiger partial charge in [-0.15, -0.1) is 0 Å². The summed E-state index contributed by atoms with van der Waals surface area (Å²) >= 11 is 12.5. The molecule has 34 heavy (non-hydrogen) atoms. The standard InChI is InChI=1S/C28H29Cl2NO3/c1-33-26-15-12-21(16-27(26)34-19-20-8-4-2-5-9-20)18-31(23-10-6-3-7-11-23)28(32)24-14-13-22(29)17-25(24)30/h2,4-5,8-9,12-17,23H,3,6-7,10-11,18-19H2,1H3. The zero-order valence-electron chi connectivity index (χ0n) is 19.3. The number of rotatable bonds is 8. The maximum atomic E-state index is 13.6. The zero-order chi connectivity index (χ0) is 23.9. The van der Waals surface area contributed by atoms with E-state index in [1.807, 2.05) is 53.4 Å². The number of methoxy groups -OCH3 is 1. The largest absolute Gasteiger partial charge is 0.493 e. The van der Waals surface area contributed by atoms with Gasteiger partial charge < -0.3 is 14.4 Å². The Bertz CT molecular complexity index is 1110. The maximum Gasteiger partial charge on any atom is 0.255 e. The van der Waals surface area contributed by atoms with E-state index in [2.05, 4.69) is 0 Å². The molecule has 0 saturated heterocycles. The minimum absolute atomic E-state index is 0.0730. The number of benzene rings is 3. The van der Waals surface area contributed by atoms with Gasteiger partial charge in [0, 0.05) is 17.6 Å². The Kier molecular flexibility index (Phi) is 8.36. The molecule has 0 heterocycles. The van der Waals surface area contributed by atoms with Crippen molar-refractivity contribution in [3.63, 3.8) is 0 Å². The van der Waals surface area contributed by atoms with Crippen molar-refractivity contribution in [1.82, 2.24) is 4.90 Å². The SMILES string of the molecule is COc1ccc(CN(C(=O)c2ccc(Cl)cc2Cl)C2CCCCC2)cc1OCc1ccccc1. The number of amides is 1. The van der Waals surface area contributed by atoms with Crippen molar-refractivity contribution in [2.75, 3.05) is 7.11 Å². The van der Waals surface area contributed by atoms with E-state index in [0.717, 1.165) is 36.8 Å². The van der Waals surface area contributed by atoms with Crippen LogP contribution in [0.25, 0.3) is 0 Å². The lowest BCUT2D eigenvalue weighted by atomic mass is 9.93. The molecular weight excluding hydrogens is 469 g/mol. The Morgan fingerprint density at radius 1 is 0.912 bits per heavy atom. The Morgan fingerprint density at radius 2 is 1.68 bits per heavy atom. The van der Waals surface area contributed by atoms with Crippen molar-refractivity contribution in [2.45, 2.75) is 51.3 Å². The number of hydrogen-bond acceptors (Lipinski definition) is 3. The van der Waals surface area contributed by atoms with Crippen molar-refractivity contribution >= 4 is 29.1 Å². The highest BCUT2D eigenvalue weighted by Crippen LogP contribution is 2.32. The maximum absolute atomic E-state index is 13.6. The van der Waals surface area contributed by atoms with E-state index in [9.17, 15) is 4.79 Å². The van der Waals surface area contributed by atoms with Crippen LogP contribution in [0.2, 0.25) is 10.0 Å². The first-order chi connectivity index (χ1) is 16.5. The van der Waals surface area contributed by atoms with Gasteiger partial charge in [-0.05, 0) is 54.3 Å². The van der Waals surface area contributed by atoms with Crippen molar-refractivity contribution in [3.8, 4) is 11.5 Å².